The Kier molecular flexibility index (Phi) is 3.65. The Bertz CT molecular complexity index is 570. The second-order valence-electron chi connectivity index (χ2n) is 5.35. The average Bonchev–Trinajstić information content (AvgIpc) is 2.48. The quantitative estimate of drug-likeness (QED) is 0.836. The van der Waals surface area contributed by atoms with Crippen LogP contribution in [0.2, 0.25) is 0 Å². The average molecular weight is 268 g/mol. The summed E-state index contributed by atoms with van der Waals surface area (Å²) in [5.74, 6) is 0.846. The Hall–Kier alpha value is -1.94. The van der Waals surface area contributed by atoms with Crippen LogP contribution in [0.1, 0.15) is 17.3 Å². The maximum Gasteiger partial charge on any atom is 0.225 e. The highest BCUT2D eigenvalue weighted by atomic mass is 15.3. The fourth-order valence-electron chi connectivity index (χ4n) is 2.68. The van der Waals surface area contributed by atoms with Gasteiger partial charge in [0.2, 0.25) is 5.95 Å². The number of benzene rings is 1. The van der Waals surface area contributed by atoms with Gasteiger partial charge in [0.05, 0.1) is 6.04 Å². The molecule has 1 fully saturated rings. The third-order valence-corrected chi connectivity index (χ3v) is 3.90. The lowest BCUT2D eigenvalue weighted by atomic mass is 10.0. The lowest BCUT2D eigenvalue weighted by Gasteiger charge is -2.39. The number of hydrogen-bond acceptors (Lipinski definition) is 4. The molecule has 0 radical (unpaired) electrons. The summed E-state index contributed by atoms with van der Waals surface area (Å²) in [6.07, 6.45) is 1.84. The molecule has 0 spiro atoms. The van der Waals surface area contributed by atoms with Crippen molar-refractivity contribution in [2.24, 2.45) is 0 Å². The van der Waals surface area contributed by atoms with Gasteiger partial charge in [-0.1, -0.05) is 30.3 Å². The van der Waals surface area contributed by atoms with Gasteiger partial charge in [0.15, 0.2) is 0 Å². The van der Waals surface area contributed by atoms with Crippen molar-refractivity contribution in [3.8, 4) is 0 Å². The summed E-state index contributed by atoms with van der Waals surface area (Å²) >= 11 is 0. The zero-order chi connectivity index (χ0) is 13.9. The number of hydrogen-bond donors (Lipinski definition) is 0. The van der Waals surface area contributed by atoms with E-state index in [1.165, 1.54) is 5.56 Å². The Balaban J connectivity index is 1.83. The Morgan fingerprint density at radius 2 is 1.90 bits per heavy atom. The van der Waals surface area contributed by atoms with E-state index >= 15 is 0 Å². The van der Waals surface area contributed by atoms with E-state index in [0.29, 0.717) is 6.04 Å². The first kappa shape index (κ1) is 13.1. The van der Waals surface area contributed by atoms with E-state index < -0.39 is 0 Å². The van der Waals surface area contributed by atoms with Crippen LogP contribution in [-0.2, 0) is 0 Å². The van der Waals surface area contributed by atoms with Crippen LogP contribution in [-0.4, -0.2) is 41.5 Å². The van der Waals surface area contributed by atoms with Gasteiger partial charge < -0.3 is 4.90 Å². The molecular formula is C16H20N4. The Morgan fingerprint density at radius 1 is 1.10 bits per heavy atom. The number of likely N-dealkylation sites (N-methyl/N-ethyl adjacent to an activating group) is 1. The highest BCUT2D eigenvalue weighted by molar-refractivity contribution is 5.33. The van der Waals surface area contributed by atoms with Crippen molar-refractivity contribution < 1.29 is 0 Å². The van der Waals surface area contributed by atoms with Crippen LogP contribution in [0.4, 0.5) is 5.95 Å². The highest BCUT2D eigenvalue weighted by Gasteiger charge is 2.26. The summed E-state index contributed by atoms with van der Waals surface area (Å²) in [6, 6.07) is 13.0. The molecule has 0 bridgehead atoms. The van der Waals surface area contributed by atoms with Crippen molar-refractivity contribution in [2.75, 3.05) is 31.6 Å². The van der Waals surface area contributed by atoms with E-state index in [0.717, 1.165) is 31.3 Å². The maximum absolute atomic E-state index is 4.55. The second kappa shape index (κ2) is 5.59. The number of aryl methyl sites for hydroxylation is 1. The smallest absolute Gasteiger partial charge is 0.225 e. The summed E-state index contributed by atoms with van der Waals surface area (Å²) < 4.78 is 0. The fraction of sp³-hybridized carbons (Fsp3) is 0.375. The van der Waals surface area contributed by atoms with Crippen LogP contribution in [0, 0.1) is 6.92 Å². The van der Waals surface area contributed by atoms with Crippen LogP contribution in [0.15, 0.2) is 42.6 Å². The first-order valence-electron chi connectivity index (χ1n) is 7.04. The van der Waals surface area contributed by atoms with Gasteiger partial charge in [-0.25, -0.2) is 9.97 Å². The zero-order valence-electron chi connectivity index (χ0n) is 12.0. The SMILES string of the molecule is Cc1ccnc(N2CCN(C)[C@@H](c3ccccc3)C2)n1. The topological polar surface area (TPSA) is 32.3 Å². The summed E-state index contributed by atoms with van der Waals surface area (Å²) in [4.78, 5) is 13.6. The van der Waals surface area contributed by atoms with Crippen LogP contribution in [0.3, 0.4) is 0 Å². The van der Waals surface area contributed by atoms with E-state index in [2.05, 4.69) is 57.1 Å². The van der Waals surface area contributed by atoms with Crippen LogP contribution in [0.25, 0.3) is 0 Å². The van der Waals surface area contributed by atoms with Gasteiger partial charge in [0.25, 0.3) is 0 Å². The predicted octanol–water partition coefficient (Wildman–Crippen LogP) is 2.28. The molecule has 0 saturated carbocycles. The first-order valence-corrected chi connectivity index (χ1v) is 7.04. The maximum atomic E-state index is 4.55. The second-order valence-corrected chi connectivity index (χ2v) is 5.35. The van der Waals surface area contributed by atoms with Crippen molar-refractivity contribution in [3.63, 3.8) is 0 Å². The van der Waals surface area contributed by atoms with Crippen LogP contribution in [0.5, 0.6) is 0 Å². The molecule has 0 unspecified atom stereocenters. The lowest BCUT2D eigenvalue weighted by molar-refractivity contribution is 0.220. The minimum atomic E-state index is 0.397. The summed E-state index contributed by atoms with van der Waals surface area (Å²) in [7, 11) is 2.19. The van der Waals surface area contributed by atoms with Crippen molar-refractivity contribution in [2.45, 2.75) is 13.0 Å². The molecule has 1 aliphatic rings. The summed E-state index contributed by atoms with van der Waals surface area (Å²) in [5.41, 5.74) is 2.37. The molecule has 4 nitrogen and oxygen atoms in total. The van der Waals surface area contributed by atoms with Crippen molar-refractivity contribution in [3.05, 3.63) is 53.9 Å². The van der Waals surface area contributed by atoms with Gasteiger partial charge in [-0.05, 0) is 25.6 Å². The number of piperazine rings is 1. The Labute approximate surface area is 120 Å². The van der Waals surface area contributed by atoms with Gasteiger partial charge in [0, 0.05) is 31.5 Å². The van der Waals surface area contributed by atoms with Gasteiger partial charge in [-0.3, -0.25) is 4.90 Å². The van der Waals surface area contributed by atoms with E-state index in [9.17, 15) is 0 Å². The van der Waals surface area contributed by atoms with Gasteiger partial charge >= 0.3 is 0 Å². The lowest BCUT2D eigenvalue weighted by Crippen LogP contribution is -2.47. The summed E-state index contributed by atoms with van der Waals surface area (Å²) in [6.45, 7) is 4.94. The molecule has 1 aromatic heterocycles. The van der Waals surface area contributed by atoms with Crippen LogP contribution >= 0.6 is 0 Å². The third-order valence-electron chi connectivity index (χ3n) is 3.90. The fourth-order valence-corrected chi connectivity index (χ4v) is 2.68. The minimum Gasteiger partial charge on any atom is -0.338 e. The van der Waals surface area contributed by atoms with E-state index in [-0.39, 0.29) is 0 Å². The predicted molar refractivity (Wildman–Crippen MR) is 80.8 cm³/mol. The largest absolute Gasteiger partial charge is 0.338 e. The Morgan fingerprint density at radius 3 is 2.65 bits per heavy atom. The van der Waals surface area contributed by atoms with Crippen LogP contribution < -0.4 is 4.90 Å². The number of aromatic nitrogens is 2. The molecule has 1 saturated heterocycles. The van der Waals surface area contributed by atoms with Gasteiger partial charge in [-0.15, -0.1) is 0 Å². The van der Waals surface area contributed by atoms with Crippen molar-refractivity contribution in [1.29, 1.82) is 0 Å². The van der Waals surface area contributed by atoms with E-state index in [4.69, 9.17) is 0 Å². The van der Waals surface area contributed by atoms with Gasteiger partial charge in [0.1, 0.15) is 0 Å². The molecule has 2 aromatic rings. The normalized spacial score (nSPS) is 20.1. The van der Waals surface area contributed by atoms with Crippen molar-refractivity contribution in [1.82, 2.24) is 14.9 Å². The zero-order valence-corrected chi connectivity index (χ0v) is 12.0. The molecule has 1 atom stereocenters. The first-order chi connectivity index (χ1) is 9.74. The van der Waals surface area contributed by atoms with Crippen molar-refractivity contribution >= 4 is 5.95 Å². The summed E-state index contributed by atoms with van der Waals surface area (Å²) in [5, 5.41) is 0. The molecule has 104 valence electrons. The van der Waals surface area contributed by atoms with Gasteiger partial charge in [-0.2, -0.15) is 0 Å². The number of rotatable bonds is 2. The third kappa shape index (κ3) is 2.65. The molecule has 4 heteroatoms. The molecule has 1 aliphatic heterocycles. The molecule has 1 aromatic carbocycles. The number of nitrogens with zero attached hydrogens (tertiary/aromatic N) is 4. The number of anilines is 1. The molecule has 3 rings (SSSR count). The van der Waals surface area contributed by atoms with E-state index in [1.807, 2.05) is 19.2 Å². The molecule has 2 heterocycles. The molecule has 0 N–H and O–H groups in total. The monoisotopic (exact) mass is 268 g/mol. The minimum absolute atomic E-state index is 0.397. The molecule has 0 aliphatic carbocycles. The standard InChI is InChI=1S/C16H20N4/c1-13-8-9-17-16(18-13)20-11-10-19(2)15(12-20)14-6-4-3-5-7-14/h3-9,15H,10-12H2,1-2H3/t15-/m1/s1. The molecule has 0 amide bonds. The molecule has 20 heavy (non-hydrogen) atoms. The van der Waals surface area contributed by atoms with E-state index in [1.54, 1.807) is 0 Å². The highest BCUT2D eigenvalue weighted by Crippen LogP contribution is 2.25. The molecular weight excluding hydrogens is 248 g/mol.